The van der Waals surface area contributed by atoms with Crippen molar-refractivity contribution in [1.82, 2.24) is 5.32 Å². The third-order valence-corrected chi connectivity index (χ3v) is 10.6. The Balaban J connectivity index is 1.70. The van der Waals surface area contributed by atoms with Crippen molar-refractivity contribution in [2.24, 2.45) is 22.7 Å². The smallest absolute Gasteiger partial charge is 0.331 e. The van der Waals surface area contributed by atoms with Crippen LogP contribution in [0.15, 0.2) is 0 Å². The fourth-order valence-corrected chi connectivity index (χ4v) is 8.79. The third kappa shape index (κ3) is 4.39. The van der Waals surface area contributed by atoms with Crippen LogP contribution in [-0.4, -0.2) is 19.1 Å². The molecule has 0 aliphatic heterocycles. The van der Waals surface area contributed by atoms with Gasteiger partial charge in [0.05, 0.1) is 7.82 Å². The molecule has 2 fully saturated rings. The van der Waals surface area contributed by atoms with Gasteiger partial charge in [0.1, 0.15) is 18.4 Å². The number of carbonyl (C=O) groups is 1. The van der Waals surface area contributed by atoms with Crippen LogP contribution < -0.4 is 19.8 Å². The summed E-state index contributed by atoms with van der Waals surface area (Å²) < 4.78 is 20.9. The number of esters is 1. The summed E-state index contributed by atoms with van der Waals surface area (Å²) in [7, 11) is -3.78. The molecule has 3 aliphatic carbocycles. The molecule has 3 aliphatic rings. The number of benzene rings is 1. The SMILES string of the molecule is CNC([CH]OP(=O)([O-])[O-])C(=O)Oc1c(C)c(C)c2c(c1C)C[C@H]1C2(C)CCC2C(C)(C)CCC[C@@]21C. The van der Waals surface area contributed by atoms with Crippen LogP contribution in [0, 0.1) is 50.0 Å². The molecule has 1 radical (unpaired) electrons. The molecular weight excluding hydrogens is 477 g/mol. The molecule has 1 N–H and O–H groups in total. The van der Waals surface area contributed by atoms with E-state index in [4.69, 9.17) is 4.74 Å². The number of hydrogen-bond donors (Lipinski definition) is 1. The second-order valence-electron chi connectivity index (χ2n) is 12.5. The fraction of sp³-hybridized carbons (Fsp3) is 0.714. The lowest BCUT2D eigenvalue weighted by molar-refractivity contribution is -0.339. The highest BCUT2D eigenvalue weighted by Gasteiger charge is 2.61. The first-order valence-corrected chi connectivity index (χ1v) is 14.6. The minimum Gasteiger partial charge on any atom is -0.790 e. The Hall–Kier alpha value is -1.24. The van der Waals surface area contributed by atoms with Crippen LogP contribution >= 0.6 is 7.82 Å². The number of rotatable bonds is 6. The average Bonchev–Trinajstić information content (AvgIpc) is 3.09. The number of ether oxygens (including phenoxy) is 1. The zero-order valence-corrected chi connectivity index (χ0v) is 23.8. The normalized spacial score (nSPS) is 31.8. The summed E-state index contributed by atoms with van der Waals surface area (Å²) in [5.74, 6) is 1.04. The molecule has 0 saturated heterocycles. The van der Waals surface area contributed by atoms with E-state index in [-0.39, 0.29) is 10.8 Å². The van der Waals surface area contributed by atoms with Crippen LogP contribution in [0.5, 0.6) is 5.75 Å². The van der Waals surface area contributed by atoms with Gasteiger partial charge in [-0.25, -0.2) is 4.79 Å². The van der Waals surface area contributed by atoms with E-state index in [1.54, 1.807) is 0 Å². The summed E-state index contributed by atoms with van der Waals surface area (Å²) in [6.07, 6.45) is 7.22. The number of fused-ring (bicyclic) bond motifs is 5. The van der Waals surface area contributed by atoms with Crippen LogP contribution in [0.2, 0.25) is 0 Å². The standard InChI is InChI=1S/C28H43NO6P/c1-16-17(2)24(35-25(30)20(29-8)15-34-36(31,32)33)18(3)19-14-22-27(6)12-9-11-26(4,5)21(27)10-13-28(22,7)23(16)19/h15,20-22,29H,9-14H2,1-8H3,(H2,31,32,33)/p-2/t20?,21?,22-,27+,28?/m1/s1. The second kappa shape index (κ2) is 9.20. The quantitative estimate of drug-likeness (QED) is 0.342. The van der Waals surface area contributed by atoms with E-state index in [9.17, 15) is 19.1 Å². The van der Waals surface area contributed by atoms with E-state index >= 15 is 0 Å². The lowest BCUT2D eigenvalue weighted by Gasteiger charge is -2.61. The van der Waals surface area contributed by atoms with Crippen LogP contribution in [0.25, 0.3) is 0 Å². The van der Waals surface area contributed by atoms with Gasteiger partial charge >= 0.3 is 5.97 Å². The minimum absolute atomic E-state index is 0.0919. The third-order valence-electron chi connectivity index (χ3n) is 10.2. The van der Waals surface area contributed by atoms with Crippen molar-refractivity contribution in [2.45, 2.75) is 98.4 Å². The summed E-state index contributed by atoms with van der Waals surface area (Å²) in [6.45, 7) is 16.7. The van der Waals surface area contributed by atoms with Gasteiger partial charge in [0.15, 0.2) is 0 Å². The van der Waals surface area contributed by atoms with Crippen LogP contribution in [0.1, 0.15) is 87.6 Å². The van der Waals surface area contributed by atoms with Crippen LogP contribution in [-0.2, 0) is 25.7 Å². The van der Waals surface area contributed by atoms with E-state index in [0.29, 0.717) is 29.6 Å². The maximum Gasteiger partial charge on any atom is 0.331 e. The summed E-state index contributed by atoms with van der Waals surface area (Å²) in [5, 5.41) is 2.64. The van der Waals surface area contributed by atoms with Crippen molar-refractivity contribution in [3.8, 4) is 5.75 Å². The summed E-state index contributed by atoms with van der Waals surface area (Å²) in [5.41, 5.74) is 6.51. The van der Waals surface area contributed by atoms with Gasteiger partial charge in [0.25, 0.3) is 0 Å². The van der Waals surface area contributed by atoms with E-state index < -0.39 is 19.8 Å². The molecule has 8 heteroatoms. The van der Waals surface area contributed by atoms with Crippen molar-refractivity contribution in [2.75, 3.05) is 7.05 Å². The van der Waals surface area contributed by atoms with E-state index in [0.717, 1.165) is 17.5 Å². The predicted molar refractivity (Wildman–Crippen MR) is 135 cm³/mol. The number of likely N-dealkylation sites (N-methyl/N-ethyl adjacent to an activating group) is 1. The molecule has 4 rings (SSSR count). The van der Waals surface area contributed by atoms with Gasteiger partial charge in [-0.1, -0.05) is 34.1 Å². The average molecular weight is 519 g/mol. The molecule has 3 unspecified atom stereocenters. The summed E-state index contributed by atoms with van der Waals surface area (Å²) >= 11 is 0. The van der Waals surface area contributed by atoms with E-state index in [1.165, 1.54) is 55.8 Å². The van der Waals surface area contributed by atoms with E-state index in [2.05, 4.69) is 44.5 Å². The predicted octanol–water partition coefficient (Wildman–Crippen LogP) is 4.17. The van der Waals surface area contributed by atoms with Crippen molar-refractivity contribution in [3.63, 3.8) is 0 Å². The highest BCUT2D eigenvalue weighted by atomic mass is 31.2. The highest BCUT2D eigenvalue weighted by molar-refractivity contribution is 7.43. The molecule has 1 aromatic carbocycles. The second-order valence-corrected chi connectivity index (χ2v) is 13.7. The van der Waals surface area contributed by atoms with Gasteiger partial charge in [0, 0.05) is 0 Å². The molecule has 201 valence electrons. The molecule has 1 aromatic rings. The van der Waals surface area contributed by atoms with Gasteiger partial charge in [0.2, 0.25) is 0 Å². The molecule has 5 atom stereocenters. The number of carbonyl (C=O) groups excluding carboxylic acids is 1. The number of phosphoric ester groups is 1. The Morgan fingerprint density at radius 2 is 1.72 bits per heavy atom. The monoisotopic (exact) mass is 518 g/mol. The molecular formula is C28H41NO6P-2. The van der Waals surface area contributed by atoms with Gasteiger partial charge in [-0.05, 0) is 116 Å². The first kappa shape index (κ1) is 27.8. The van der Waals surface area contributed by atoms with Crippen molar-refractivity contribution >= 4 is 13.8 Å². The number of nitrogens with one attached hydrogen (secondary N) is 1. The lowest BCUT2D eigenvalue weighted by Crippen LogP contribution is -2.55. The maximum atomic E-state index is 12.9. The lowest BCUT2D eigenvalue weighted by atomic mass is 9.43. The molecule has 2 saturated carbocycles. The van der Waals surface area contributed by atoms with E-state index in [1.807, 2.05) is 13.8 Å². The zero-order valence-electron chi connectivity index (χ0n) is 22.9. The van der Waals surface area contributed by atoms with Gasteiger partial charge < -0.3 is 28.9 Å². The first-order valence-electron chi connectivity index (χ1n) is 13.1. The first-order chi connectivity index (χ1) is 16.6. The molecule has 0 heterocycles. The van der Waals surface area contributed by atoms with Gasteiger partial charge in [-0.2, -0.15) is 0 Å². The maximum absolute atomic E-state index is 12.9. The van der Waals surface area contributed by atoms with Crippen LogP contribution in [0.3, 0.4) is 0 Å². The number of hydrogen-bond acceptors (Lipinski definition) is 7. The number of phosphoric acid groups is 1. The Labute approximate surface area is 216 Å². The molecule has 0 aromatic heterocycles. The molecule has 0 bridgehead atoms. The molecule has 7 nitrogen and oxygen atoms in total. The summed E-state index contributed by atoms with van der Waals surface area (Å²) in [6, 6.07) is -1.20. The summed E-state index contributed by atoms with van der Waals surface area (Å²) in [4.78, 5) is 34.7. The topological polar surface area (TPSA) is 111 Å². The molecule has 36 heavy (non-hydrogen) atoms. The van der Waals surface area contributed by atoms with Crippen LogP contribution in [0.4, 0.5) is 0 Å². The highest BCUT2D eigenvalue weighted by Crippen LogP contribution is 2.68. The van der Waals surface area contributed by atoms with Crippen molar-refractivity contribution < 1.29 is 28.4 Å². The molecule has 0 spiro atoms. The Bertz CT molecular complexity index is 1110. The van der Waals surface area contributed by atoms with Gasteiger partial charge in [-0.15, -0.1) is 0 Å². The molecule has 0 amide bonds. The fourth-order valence-electron chi connectivity index (χ4n) is 8.52. The Kier molecular flexibility index (Phi) is 7.10. The Morgan fingerprint density at radius 3 is 2.33 bits per heavy atom. The minimum atomic E-state index is -5.25. The zero-order chi connectivity index (χ0) is 26.8. The largest absolute Gasteiger partial charge is 0.790 e. The van der Waals surface area contributed by atoms with Crippen molar-refractivity contribution in [3.05, 3.63) is 34.4 Å². The van der Waals surface area contributed by atoms with Gasteiger partial charge in [-0.3, -0.25) is 0 Å². The Morgan fingerprint density at radius 1 is 1.06 bits per heavy atom. The van der Waals surface area contributed by atoms with Crippen molar-refractivity contribution in [1.29, 1.82) is 0 Å².